The van der Waals surface area contributed by atoms with Crippen LogP contribution in [0.3, 0.4) is 0 Å². The van der Waals surface area contributed by atoms with Gasteiger partial charge in [0.15, 0.2) is 11.9 Å². The predicted molar refractivity (Wildman–Crippen MR) is 92.4 cm³/mol. The molecule has 1 heterocycles. The Balaban J connectivity index is 2.15. The molecule has 0 aromatic rings. The first-order valence-corrected chi connectivity index (χ1v) is 9.25. The van der Waals surface area contributed by atoms with Gasteiger partial charge in [0, 0.05) is 12.8 Å². The maximum atomic E-state index is 13.4. The number of carbonyl (C=O) groups excluding carboxylic acids is 1. The van der Waals surface area contributed by atoms with E-state index in [4.69, 9.17) is 14.2 Å². The van der Waals surface area contributed by atoms with Crippen molar-refractivity contribution in [3.05, 3.63) is 23.3 Å². The molecule has 0 N–H and O–H groups in total. The van der Waals surface area contributed by atoms with Crippen LogP contribution in [0.25, 0.3) is 0 Å². The first kappa shape index (κ1) is 19.5. The maximum absolute atomic E-state index is 13.4. The molecule has 0 aromatic carbocycles. The quantitative estimate of drug-likeness (QED) is 0.526. The average molecular weight is 370 g/mol. The molecule has 6 unspecified atom stereocenters. The molecule has 1 saturated carbocycles. The van der Waals surface area contributed by atoms with E-state index in [9.17, 15) is 13.6 Å². The zero-order valence-corrected chi connectivity index (χ0v) is 16.3. The summed E-state index contributed by atoms with van der Waals surface area (Å²) in [6, 6.07) is 0. The molecule has 1 spiro atoms. The summed E-state index contributed by atoms with van der Waals surface area (Å²) in [6.45, 7) is 10.5. The highest BCUT2D eigenvalue weighted by Gasteiger charge is 2.67. The summed E-state index contributed by atoms with van der Waals surface area (Å²) in [4.78, 5) is 11.7. The van der Waals surface area contributed by atoms with Gasteiger partial charge in [0.1, 0.15) is 11.7 Å². The average Bonchev–Trinajstić information content (AvgIpc) is 2.81. The van der Waals surface area contributed by atoms with Crippen LogP contribution in [-0.4, -0.2) is 29.6 Å². The summed E-state index contributed by atoms with van der Waals surface area (Å²) < 4.78 is 45.1. The minimum atomic E-state index is -1.62. The van der Waals surface area contributed by atoms with Gasteiger partial charge in [0.25, 0.3) is 6.08 Å². The first-order valence-electron chi connectivity index (χ1n) is 9.25. The fourth-order valence-corrected chi connectivity index (χ4v) is 5.14. The van der Waals surface area contributed by atoms with Crippen LogP contribution in [0.4, 0.5) is 8.78 Å². The molecule has 3 aliphatic rings. The lowest BCUT2D eigenvalue weighted by Gasteiger charge is -2.54. The zero-order valence-electron chi connectivity index (χ0n) is 16.3. The van der Waals surface area contributed by atoms with Gasteiger partial charge in [-0.15, -0.1) is 0 Å². The van der Waals surface area contributed by atoms with E-state index in [0.29, 0.717) is 6.42 Å². The Kier molecular flexibility index (Phi) is 4.81. The van der Waals surface area contributed by atoms with Gasteiger partial charge in [-0.25, -0.2) is 0 Å². The van der Waals surface area contributed by atoms with Gasteiger partial charge < -0.3 is 14.2 Å². The molecular formula is C20H28F2O4. The molecule has 6 atom stereocenters. The van der Waals surface area contributed by atoms with E-state index in [1.165, 1.54) is 13.8 Å². The lowest BCUT2D eigenvalue weighted by atomic mass is 9.56. The van der Waals surface area contributed by atoms with Crippen LogP contribution >= 0.6 is 0 Å². The summed E-state index contributed by atoms with van der Waals surface area (Å²) in [5.41, 5.74) is 0.157. The van der Waals surface area contributed by atoms with Crippen LogP contribution in [0, 0.1) is 17.8 Å². The Morgan fingerprint density at radius 1 is 1.27 bits per heavy atom. The molecule has 146 valence electrons. The number of rotatable bonds is 2. The smallest absolute Gasteiger partial charge is 0.303 e. The van der Waals surface area contributed by atoms with E-state index in [-0.39, 0.29) is 23.3 Å². The van der Waals surface area contributed by atoms with Crippen molar-refractivity contribution in [3.8, 4) is 0 Å². The SMILES string of the molecule is CC(=O)OC1C(C)=CC2C(C(C)=C(F)F)CCC(C)C23OC(C)(C)OC13. The molecular weight excluding hydrogens is 342 g/mol. The number of carbonyl (C=O) groups is 1. The molecule has 2 aliphatic carbocycles. The molecule has 2 fully saturated rings. The number of allylic oxidation sites excluding steroid dienone is 1. The fraction of sp³-hybridized carbons (Fsp3) is 0.750. The van der Waals surface area contributed by atoms with E-state index < -0.39 is 35.6 Å². The van der Waals surface area contributed by atoms with Gasteiger partial charge in [0.05, 0.1) is 0 Å². The van der Waals surface area contributed by atoms with E-state index >= 15 is 0 Å². The van der Waals surface area contributed by atoms with Crippen molar-refractivity contribution in [2.24, 2.45) is 17.8 Å². The third-order valence-electron chi connectivity index (χ3n) is 6.23. The van der Waals surface area contributed by atoms with Crippen LogP contribution in [0.1, 0.15) is 54.4 Å². The van der Waals surface area contributed by atoms with Crippen LogP contribution in [0.15, 0.2) is 23.3 Å². The second kappa shape index (κ2) is 6.41. The van der Waals surface area contributed by atoms with Crippen LogP contribution in [0.5, 0.6) is 0 Å². The van der Waals surface area contributed by atoms with Crippen molar-refractivity contribution in [1.29, 1.82) is 0 Å². The molecule has 6 heteroatoms. The van der Waals surface area contributed by atoms with Crippen molar-refractivity contribution in [2.45, 2.75) is 78.0 Å². The van der Waals surface area contributed by atoms with Crippen molar-refractivity contribution in [3.63, 3.8) is 0 Å². The molecule has 26 heavy (non-hydrogen) atoms. The molecule has 1 aliphatic heterocycles. The van der Waals surface area contributed by atoms with Gasteiger partial charge in [0.2, 0.25) is 0 Å². The van der Waals surface area contributed by atoms with Crippen LogP contribution in [-0.2, 0) is 19.0 Å². The molecule has 0 bridgehead atoms. The minimum absolute atomic E-state index is 0.0911. The second-order valence-corrected chi connectivity index (χ2v) is 8.39. The molecule has 1 saturated heterocycles. The Morgan fingerprint density at radius 3 is 2.50 bits per heavy atom. The largest absolute Gasteiger partial charge is 0.455 e. The summed E-state index contributed by atoms with van der Waals surface area (Å²) in [5, 5.41) is 0. The van der Waals surface area contributed by atoms with Crippen molar-refractivity contribution in [2.75, 3.05) is 0 Å². The van der Waals surface area contributed by atoms with E-state index in [2.05, 4.69) is 6.92 Å². The third kappa shape index (κ3) is 2.91. The summed E-state index contributed by atoms with van der Waals surface area (Å²) >= 11 is 0. The van der Waals surface area contributed by atoms with Gasteiger partial charge in [-0.05, 0) is 63.5 Å². The summed E-state index contributed by atoms with van der Waals surface area (Å²) in [6.07, 6.45) is 0.705. The monoisotopic (exact) mass is 370 g/mol. The van der Waals surface area contributed by atoms with Gasteiger partial charge in [-0.3, -0.25) is 4.79 Å². The van der Waals surface area contributed by atoms with Gasteiger partial charge >= 0.3 is 5.97 Å². The third-order valence-corrected chi connectivity index (χ3v) is 6.23. The standard InChI is InChI=1S/C20H28F2O4/c1-10-9-15-14(12(3)18(21)22)8-7-11(2)20(15)17(16(10)24-13(4)23)25-19(5,6)26-20/h9,11,14-17H,7-8H2,1-6H3. The lowest BCUT2D eigenvalue weighted by molar-refractivity contribution is -0.193. The normalized spacial score (nSPS) is 40.9. The van der Waals surface area contributed by atoms with Crippen LogP contribution < -0.4 is 0 Å². The number of hydrogen-bond donors (Lipinski definition) is 0. The first-order chi connectivity index (χ1) is 12.0. The zero-order chi connectivity index (χ0) is 19.4. The summed E-state index contributed by atoms with van der Waals surface area (Å²) in [5.74, 6) is -1.73. The van der Waals surface area contributed by atoms with Gasteiger partial charge in [-0.2, -0.15) is 8.78 Å². The Bertz CT molecular complexity index is 665. The second-order valence-electron chi connectivity index (χ2n) is 8.39. The summed E-state index contributed by atoms with van der Waals surface area (Å²) in [7, 11) is 0. The number of ether oxygens (including phenoxy) is 3. The topological polar surface area (TPSA) is 44.8 Å². The van der Waals surface area contributed by atoms with E-state index in [0.717, 1.165) is 12.0 Å². The molecule has 0 amide bonds. The molecule has 3 rings (SSSR count). The number of esters is 1. The lowest BCUT2D eigenvalue weighted by Crippen LogP contribution is -2.62. The molecule has 4 nitrogen and oxygen atoms in total. The van der Waals surface area contributed by atoms with Gasteiger partial charge in [-0.1, -0.05) is 13.0 Å². The Labute approximate surface area is 153 Å². The van der Waals surface area contributed by atoms with Crippen molar-refractivity contribution < 1.29 is 27.8 Å². The predicted octanol–water partition coefficient (Wildman–Crippen LogP) is 4.60. The van der Waals surface area contributed by atoms with Crippen molar-refractivity contribution in [1.82, 2.24) is 0 Å². The minimum Gasteiger partial charge on any atom is -0.455 e. The maximum Gasteiger partial charge on any atom is 0.303 e. The fourth-order valence-electron chi connectivity index (χ4n) is 5.14. The van der Waals surface area contributed by atoms with E-state index in [1.54, 1.807) is 0 Å². The number of halogens is 2. The Hall–Kier alpha value is -1.27. The van der Waals surface area contributed by atoms with Crippen LogP contribution in [0.2, 0.25) is 0 Å². The highest BCUT2D eigenvalue weighted by Crippen LogP contribution is 2.59. The van der Waals surface area contributed by atoms with Crippen molar-refractivity contribution >= 4 is 5.97 Å². The molecule has 0 radical (unpaired) electrons. The highest BCUT2D eigenvalue weighted by atomic mass is 19.3. The van der Waals surface area contributed by atoms with E-state index in [1.807, 2.05) is 26.8 Å². The number of hydrogen-bond acceptors (Lipinski definition) is 4. The molecule has 0 aromatic heterocycles. The highest BCUT2D eigenvalue weighted by molar-refractivity contribution is 5.66. The Morgan fingerprint density at radius 2 is 1.92 bits per heavy atom.